The normalized spacial score (nSPS) is 14.6. The van der Waals surface area contributed by atoms with E-state index in [1.165, 1.54) is 16.6 Å². The van der Waals surface area contributed by atoms with Gasteiger partial charge in [0.1, 0.15) is 10.9 Å². The van der Waals surface area contributed by atoms with E-state index in [-0.39, 0.29) is 23.1 Å². The molecule has 2 aromatic heterocycles. The lowest BCUT2D eigenvalue weighted by molar-refractivity contribution is -0.127. The highest BCUT2D eigenvalue weighted by molar-refractivity contribution is 7.99. The predicted molar refractivity (Wildman–Crippen MR) is 109 cm³/mol. The zero-order valence-electron chi connectivity index (χ0n) is 15.5. The standard InChI is InChI=1S/C18H24N4O3S2/c1-3-8-19-15(24)10(2)20-13(23)9-26-18-21-16(25)14-11-6-4-5-7-12(11)27-17(14)22-18/h10H,3-9H2,1-2H3,(H,19,24)(H,20,23)(H,21,22,25)/t10-/m0/s1. The molecule has 0 saturated heterocycles. The number of thiophene rings is 1. The van der Waals surface area contributed by atoms with Gasteiger partial charge in [0.25, 0.3) is 5.56 Å². The number of fused-ring (bicyclic) bond motifs is 3. The van der Waals surface area contributed by atoms with E-state index in [1.54, 1.807) is 18.3 Å². The molecule has 2 amide bonds. The van der Waals surface area contributed by atoms with Crippen LogP contribution in [0.1, 0.15) is 43.6 Å². The van der Waals surface area contributed by atoms with Crippen LogP contribution in [0, 0.1) is 0 Å². The largest absolute Gasteiger partial charge is 0.354 e. The smallest absolute Gasteiger partial charge is 0.260 e. The van der Waals surface area contributed by atoms with E-state index >= 15 is 0 Å². The Kier molecular flexibility index (Phi) is 6.54. The van der Waals surface area contributed by atoms with Crippen LogP contribution in [0.25, 0.3) is 10.2 Å². The van der Waals surface area contributed by atoms with Crippen LogP contribution in [0.4, 0.5) is 0 Å². The Morgan fingerprint density at radius 2 is 2.11 bits per heavy atom. The SMILES string of the molecule is CCCNC(=O)[C@H](C)NC(=O)CSc1nc2sc3c(c2c(=O)[nH]1)CCCC3. The van der Waals surface area contributed by atoms with Crippen LogP contribution in [-0.4, -0.2) is 40.1 Å². The van der Waals surface area contributed by atoms with Crippen molar-refractivity contribution in [3.63, 3.8) is 0 Å². The summed E-state index contributed by atoms with van der Waals surface area (Å²) in [7, 11) is 0. The molecule has 7 nitrogen and oxygen atoms in total. The Balaban J connectivity index is 1.62. The number of hydrogen-bond acceptors (Lipinski definition) is 6. The maximum absolute atomic E-state index is 12.5. The first-order valence-corrected chi connectivity index (χ1v) is 11.0. The molecule has 3 rings (SSSR count). The lowest BCUT2D eigenvalue weighted by atomic mass is 9.97. The van der Waals surface area contributed by atoms with Crippen molar-refractivity contribution in [2.24, 2.45) is 0 Å². The average Bonchev–Trinajstić information content (AvgIpc) is 3.03. The first kappa shape index (κ1) is 19.9. The number of nitrogens with zero attached hydrogens (tertiary/aromatic N) is 1. The average molecular weight is 409 g/mol. The van der Waals surface area contributed by atoms with Crippen LogP contribution in [0.2, 0.25) is 0 Å². The van der Waals surface area contributed by atoms with Crippen molar-refractivity contribution in [3.05, 3.63) is 20.8 Å². The van der Waals surface area contributed by atoms with Gasteiger partial charge in [0, 0.05) is 11.4 Å². The van der Waals surface area contributed by atoms with Gasteiger partial charge in [-0.1, -0.05) is 18.7 Å². The number of carbonyl (C=O) groups is 2. The summed E-state index contributed by atoms with van der Waals surface area (Å²) < 4.78 is 0. The zero-order chi connectivity index (χ0) is 19.4. The lowest BCUT2D eigenvalue weighted by Crippen LogP contribution is -2.45. The van der Waals surface area contributed by atoms with Gasteiger partial charge in [-0.15, -0.1) is 11.3 Å². The van der Waals surface area contributed by atoms with Gasteiger partial charge in [0.05, 0.1) is 11.1 Å². The molecule has 3 N–H and O–H groups in total. The predicted octanol–water partition coefficient (Wildman–Crippen LogP) is 1.99. The first-order valence-electron chi connectivity index (χ1n) is 9.24. The summed E-state index contributed by atoms with van der Waals surface area (Å²) >= 11 is 2.76. The summed E-state index contributed by atoms with van der Waals surface area (Å²) in [5, 5.41) is 6.55. The molecule has 0 radical (unpaired) electrons. The zero-order valence-corrected chi connectivity index (χ0v) is 17.1. The fraction of sp³-hybridized carbons (Fsp3) is 0.556. The molecule has 2 heterocycles. The molecule has 1 atom stereocenters. The number of hydrogen-bond donors (Lipinski definition) is 3. The second-order valence-electron chi connectivity index (χ2n) is 6.63. The van der Waals surface area contributed by atoms with Crippen LogP contribution in [-0.2, 0) is 22.4 Å². The molecule has 0 unspecified atom stereocenters. The van der Waals surface area contributed by atoms with Gasteiger partial charge in [-0.05, 0) is 44.6 Å². The van der Waals surface area contributed by atoms with E-state index in [4.69, 9.17) is 0 Å². The lowest BCUT2D eigenvalue weighted by Gasteiger charge is -2.13. The monoisotopic (exact) mass is 408 g/mol. The van der Waals surface area contributed by atoms with E-state index in [1.807, 2.05) is 6.92 Å². The molecule has 2 aromatic rings. The van der Waals surface area contributed by atoms with E-state index in [2.05, 4.69) is 20.6 Å². The van der Waals surface area contributed by atoms with Crippen molar-refractivity contribution in [1.29, 1.82) is 0 Å². The number of H-pyrrole nitrogens is 1. The van der Waals surface area contributed by atoms with Crippen LogP contribution < -0.4 is 16.2 Å². The van der Waals surface area contributed by atoms with Gasteiger partial charge in [-0.3, -0.25) is 14.4 Å². The third kappa shape index (κ3) is 4.70. The molecule has 1 aliphatic carbocycles. The molecular formula is C18H24N4O3S2. The van der Waals surface area contributed by atoms with Gasteiger partial charge in [-0.2, -0.15) is 0 Å². The summed E-state index contributed by atoms with van der Waals surface area (Å²) in [6, 6.07) is -0.594. The van der Waals surface area contributed by atoms with Crippen molar-refractivity contribution in [2.45, 2.75) is 57.1 Å². The van der Waals surface area contributed by atoms with Crippen LogP contribution >= 0.6 is 23.1 Å². The van der Waals surface area contributed by atoms with Crippen LogP contribution in [0.15, 0.2) is 9.95 Å². The number of aromatic nitrogens is 2. The Hall–Kier alpha value is -1.87. The van der Waals surface area contributed by atoms with Gasteiger partial charge in [0.2, 0.25) is 11.8 Å². The Bertz CT molecular complexity index is 906. The van der Waals surface area contributed by atoms with Crippen LogP contribution in [0.5, 0.6) is 0 Å². The summed E-state index contributed by atoms with van der Waals surface area (Å²) in [6.07, 6.45) is 5.06. The highest BCUT2D eigenvalue weighted by Gasteiger charge is 2.20. The molecule has 146 valence electrons. The topological polar surface area (TPSA) is 104 Å². The number of amides is 2. The van der Waals surface area contributed by atoms with Gasteiger partial charge in [-0.25, -0.2) is 4.98 Å². The molecule has 0 spiro atoms. The number of thioether (sulfide) groups is 1. The second kappa shape index (κ2) is 8.88. The molecule has 0 aliphatic heterocycles. The van der Waals surface area contributed by atoms with E-state index in [9.17, 15) is 14.4 Å². The fourth-order valence-electron chi connectivity index (χ4n) is 3.10. The van der Waals surface area contributed by atoms with Crippen molar-refractivity contribution >= 4 is 45.1 Å². The van der Waals surface area contributed by atoms with Crippen molar-refractivity contribution in [3.8, 4) is 0 Å². The molecule has 0 saturated carbocycles. The molecular weight excluding hydrogens is 384 g/mol. The molecule has 0 bridgehead atoms. The van der Waals surface area contributed by atoms with Crippen molar-refractivity contribution in [1.82, 2.24) is 20.6 Å². The number of aryl methyl sites for hydroxylation is 2. The quantitative estimate of drug-likeness (QED) is 0.480. The Morgan fingerprint density at radius 1 is 1.33 bits per heavy atom. The van der Waals surface area contributed by atoms with E-state index in [0.717, 1.165) is 42.5 Å². The van der Waals surface area contributed by atoms with Crippen LogP contribution in [0.3, 0.4) is 0 Å². The maximum Gasteiger partial charge on any atom is 0.260 e. The Labute approximate surface area is 165 Å². The summed E-state index contributed by atoms with van der Waals surface area (Å²) in [6.45, 7) is 4.20. The molecule has 0 fully saturated rings. The van der Waals surface area contributed by atoms with Crippen molar-refractivity contribution in [2.75, 3.05) is 12.3 Å². The molecule has 0 aromatic carbocycles. The van der Waals surface area contributed by atoms with Gasteiger partial charge in [0.15, 0.2) is 5.16 Å². The van der Waals surface area contributed by atoms with E-state index < -0.39 is 6.04 Å². The minimum Gasteiger partial charge on any atom is -0.354 e. The minimum absolute atomic E-state index is 0.0882. The number of rotatable bonds is 7. The molecule has 27 heavy (non-hydrogen) atoms. The number of carbonyl (C=O) groups excluding carboxylic acids is 2. The third-order valence-electron chi connectivity index (χ3n) is 4.46. The maximum atomic E-state index is 12.5. The summed E-state index contributed by atoms with van der Waals surface area (Å²) in [5.41, 5.74) is 1.02. The number of aromatic amines is 1. The summed E-state index contributed by atoms with van der Waals surface area (Å²) in [5.74, 6) is -0.384. The van der Waals surface area contributed by atoms with Gasteiger partial charge < -0.3 is 15.6 Å². The first-order chi connectivity index (χ1) is 13.0. The minimum atomic E-state index is -0.594. The third-order valence-corrected chi connectivity index (χ3v) is 6.52. The van der Waals surface area contributed by atoms with Crippen molar-refractivity contribution < 1.29 is 9.59 Å². The number of nitrogens with one attached hydrogen (secondary N) is 3. The fourth-order valence-corrected chi connectivity index (χ4v) is 5.09. The Morgan fingerprint density at radius 3 is 2.89 bits per heavy atom. The second-order valence-corrected chi connectivity index (χ2v) is 8.68. The summed E-state index contributed by atoms with van der Waals surface area (Å²) in [4.78, 5) is 45.7. The molecule has 1 aliphatic rings. The highest BCUT2D eigenvalue weighted by Crippen LogP contribution is 2.34. The molecule has 9 heteroatoms. The van der Waals surface area contributed by atoms with E-state index in [0.29, 0.717) is 17.1 Å². The highest BCUT2D eigenvalue weighted by atomic mass is 32.2. The van der Waals surface area contributed by atoms with Gasteiger partial charge >= 0.3 is 0 Å².